The van der Waals surface area contributed by atoms with Gasteiger partial charge in [0.2, 0.25) is 0 Å². The summed E-state index contributed by atoms with van der Waals surface area (Å²) >= 11 is 11.8. The van der Waals surface area contributed by atoms with Gasteiger partial charge in [-0.25, -0.2) is 9.59 Å². The third-order valence-electron chi connectivity index (χ3n) is 4.97. The van der Waals surface area contributed by atoms with Crippen molar-refractivity contribution in [2.24, 2.45) is 0 Å². The second-order valence-corrected chi connectivity index (χ2v) is 9.84. The molecule has 0 spiro atoms. The van der Waals surface area contributed by atoms with Crippen LogP contribution in [0.3, 0.4) is 0 Å². The van der Waals surface area contributed by atoms with Crippen LogP contribution in [0.5, 0.6) is 5.75 Å². The molecule has 1 amide bonds. The molecule has 0 aliphatic carbocycles. The van der Waals surface area contributed by atoms with E-state index in [0.717, 1.165) is 16.7 Å². The predicted molar refractivity (Wildman–Crippen MR) is 143 cm³/mol. The van der Waals surface area contributed by atoms with Gasteiger partial charge in [0.25, 0.3) is 0 Å². The van der Waals surface area contributed by atoms with Crippen LogP contribution >= 0.6 is 23.2 Å². The Morgan fingerprint density at radius 1 is 1.14 bits per heavy atom. The molecule has 1 heterocycles. The van der Waals surface area contributed by atoms with Crippen molar-refractivity contribution in [3.05, 3.63) is 76.1 Å². The van der Waals surface area contributed by atoms with Gasteiger partial charge in [0, 0.05) is 39.3 Å². The van der Waals surface area contributed by atoms with E-state index in [0.29, 0.717) is 47.5 Å². The van der Waals surface area contributed by atoms with Crippen molar-refractivity contribution >= 4 is 40.8 Å². The van der Waals surface area contributed by atoms with Gasteiger partial charge in [-0.3, -0.25) is 0 Å². The number of carbonyl (C=O) groups is 2. The smallest absolute Gasteiger partial charge is 0.410 e. The monoisotopic (exact) mass is 622 g/mol. The van der Waals surface area contributed by atoms with Crippen LogP contribution in [0, 0.1) is 19.9 Å². The Morgan fingerprint density at radius 2 is 1.73 bits per heavy atom. The molecule has 0 bridgehead atoms. The molecule has 0 saturated heterocycles. The minimum absolute atomic E-state index is 0. The second kappa shape index (κ2) is 15.7. The van der Waals surface area contributed by atoms with E-state index >= 15 is 0 Å². The molecular weight excluding hydrogens is 590 g/mol. The number of amides is 1. The van der Waals surface area contributed by atoms with E-state index in [1.54, 1.807) is 24.0 Å². The number of benzene rings is 2. The predicted octanol–water partition coefficient (Wildman–Crippen LogP) is 6.96. The van der Waals surface area contributed by atoms with Crippen molar-refractivity contribution in [1.29, 1.82) is 0 Å². The first kappa shape index (κ1) is 33.4. The van der Waals surface area contributed by atoms with Crippen LogP contribution < -0.4 is 4.74 Å². The molecule has 0 atom stereocenters. The third kappa shape index (κ3) is 10.6. The Kier molecular flexibility index (Phi) is 14.2. The number of hydrogen-bond acceptors (Lipinski definition) is 5. The van der Waals surface area contributed by atoms with Crippen LogP contribution in [-0.4, -0.2) is 48.9 Å². The Balaban J connectivity index is 0.000000445. The summed E-state index contributed by atoms with van der Waals surface area (Å²) in [6.07, 6.45) is 0.168. The normalized spacial score (nSPS) is 13.1. The molecule has 199 valence electrons. The summed E-state index contributed by atoms with van der Waals surface area (Å²) in [5, 5.41) is 1.06. The van der Waals surface area contributed by atoms with E-state index in [2.05, 4.69) is 13.0 Å². The van der Waals surface area contributed by atoms with Gasteiger partial charge in [-0.15, -0.1) is 5.56 Å². The number of carbonyl (C=O) groups excluding carboxylic acids is 2. The molecule has 0 aromatic heterocycles. The van der Waals surface area contributed by atoms with Crippen molar-refractivity contribution < 1.29 is 56.5 Å². The third-order valence-corrected chi connectivity index (χ3v) is 5.54. The Hall–Kier alpha value is -1.60. The van der Waals surface area contributed by atoms with Gasteiger partial charge in [-0.05, 0) is 65.3 Å². The zero-order valence-corrected chi connectivity index (χ0v) is 26.4. The summed E-state index contributed by atoms with van der Waals surface area (Å²) in [6, 6.07) is 14.0. The quantitative estimate of drug-likeness (QED) is 0.266. The van der Waals surface area contributed by atoms with Crippen molar-refractivity contribution in [3.8, 4) is 5.75 Å². The van der Waals surface area contributed by atoms with Crippen LogP contribution in [0.25, 0.3) is 5.57 Å². The van der Waals surface area contributed by atoms with Crippen LogP contribution in [0.4, 0.5) is 4.79 Å². The first-order valence-electron chi connectivity index (χ1n) is 11.7. The molecular formula is C28H33Cl2NO5Y-2. The summed E-state index contributed by atoms with van der Waals surface area (Å²) in [4.78, 5) is 26.2. The number of nitrogens with zero attached hydrogens (tertiary/aromatic N) is 1. The van der Waals surface area contributed by atoms with Crippen LogP contribution in [0.1, 0.15) is 45.2 Å². The molecule has 0 N–H and O–H groups in total. The number of ether oxygens (including phenoxy) is 3. The number of hydrogen-bond donors (Lipinski definition) is 0. The molecule has 6 nitrogen and oxygen atoms in total. The van der Waals surface area contributed by atoms with Crippen molar-refractivity contribution in [2.75, 3.05) is 26.3 Å². The van der Waals surface area contributed by atoms with Crippen molar-refractivity contribution in [3.63, 3.8) is 0 Å². The fraction of sp³-hybridized carbons (Fsp3) is 0.393. The number of esters is 1. The molecule has 2 aromatic carbocycles. The van der Waals surface area contributed by atoms with E-state index in [1.165, 1.54) is 0 Å². The van der Waals surface area contributed by atoms with Gasteiger partial charge in [-0.1, -0.05) is 28.8 Å². The summed E-state index contributed by atoms with van der Waals surface area (Å²) in [6.45, 7) is 14.0. The van der Waals surface area contributed by atoms with E-state index in [-0.39, 0.29) is 45.2 Å². The van der Waals surface area contributed by atoms with Gasteiger partial charge in [0.15, 0.2) is 5.75 Å². The fourth-order valence-electron chi connectivity index (χ4n) is 3.48. The molecule has 1 radical (unpaired) electrons. The maximum atomic E-state index is 12.4. The van der Waals surface area contributed by atoms with Gasteiger partial charge in [-0.2, -0.15) is 30.3 Å². The zero-order valence-electron chi connectivity index (χ0n) is 22.0. The average molecular weight is 623 g/mol. The number of halogens is 2. The van der Waals surface area contributed by atoms with Gasteiger partial charge in [0.05, 0.1) is 28.8 Å². The van der Waals surface area contributed by atoms with E-state index in [4.69, 9.17) is 37.4 Å². The molecule has 9 heteroatoms. The average Bonchev–Trinajstić information content (AvgIpc) is 2.81. The molecule has 2 aromatic rings. The minimum atomic E-state index is -0.569. The first-order chi connectivity index (χ1) is 17.0. The minimum Gasteiger partial charge on any atom is -0.523 e. The van der Waals surface area contributed by atoms with Crippen molar-refractivity contribution in [1.82, 2.24) is 4.90 Å². The molecule has 3 rings (SSSR count). The maximum absolute atomic E-state index is 12.4. The molecule has 1 aliphatic heterocycles. The molecule has 0 fully saturated rings. The SMILES string of the molecule is CCOC(=O)C1=C(c2cc[c-]cc2)CCN(C(=O)OC(C)(C)C)C1.[CH2-]COc1c(Cl)cc(C)cc1Cl.[Y]. The van der Waals surface area contributed by atoms with Gasteiger partial charge < -0.3 is 26.0 Å². The largest absolute Gasteiger partial charge is 0.523 e. The Labute approximate surface area is 255 Å². The Morgan fingerprint density at radius 3 is 2.24 bits per heavy atom. The molecule has 0 unspecified atom stereocenters. The zero-order chi connectivity index (χ0) is 26.9. The summed E-state index contributed by atoms with van der Waals surface area (Å²) < 4.78 is 15.7. The van der Waals surface area contributed by atoms with E-state index in [1.807, 2.05) is 52.0 Å². The summed E-state index contributed by atoms with van der Waals surface area (Å²) in [5.41, 5.74) is 2.84. The van der Waals surface area contributed by atoms with Crippen LogP contribution in [0.2, 0.25) is 10.0 Å². The number of aryl methyl sites for hydroxylation is 1. The molecule has 37 heavy (non-hydrogen) atoms. The topological polar surface area (TPSA) is 65.1 Å². The summed E-state index contributed by atoms with van der Waals surface area (Å²) in [5.74, 6) is 0.132. The van der Waals surface area contributed by atoms with Gasteiger partial charge in [0.1, 0.15) is 5.60 Å². The fourth-order valence-corrected chi connectivity index (χ4v) is 4.19. The number of rotatable bonds is 5. The van der Waals surface area contributed by atoms with Crippen molar-refractivity contribution in [2.45, 2.75) is 46.6 Å². The molecule has 0 saturated carbocycles. The van der Waals surface area contributed by atoms with Gasteiger partial charge >= 0.3 is 12.1 Å². The Bertz CT molecular complexity index is 1060. The summed E-state index contributed by atoms with van der Waals surface area (Å²) in [7, 11) is 0. The molecule has 1 aliphatic rings. The standard InChI is InChI=1S/C19H24NO4.C9H9Cl2O.Y/c1-5-23-17(21)16-13-20(18(22)24-19(2,3)4)12-11-15(16)14-9-7-6-8-10-14;1-3-12-9-7(10)4-6(2)5-8(9)11;/h7-10H,5,11-13H2,1-4H3;4-5H,1,3H2,2H3;/q2*-1;. The first-order valence-corrected chi connectivity index (χ1v) is 12.4. The van der Waals surface area contributed by atoms with Crippen LogP contribution in [-0.2, 0) is 47.0 Å². The van der Waals surface area contributed by atoms with E-state index < -0.39 is 11.7 Å². The van der Waals surface area contributed by atoms with E-state index in [9.17, 15) is 9.59 Å². The second-order valence-electron chi connectivity index (χ2n) is 9.02. The van der Waals surface area contributed by atoms with Crippen LogP contribution in [0.15, 0.2) is 42.0 Å². The maximum Gasteiger partial charge on any atom is 0.410 e.